The van der Waals surface area contributed by atoms with Crippen LogP contribution in [0.15, 0.2) is 18.2 Å². The predicted octanol–water partition coefficient (Wildman–Crippen LogP) is 0.561. The molecule has 0 bridgehead atoms. The van der Waals surface area contributed by atoms with Crippen molar-refractivity contribution < 1.29 is 14.3 Å². The fourth-order valence-electron chi connectivity index (χ4n) is 1.23. The molecular formula is C12H16N2O3. The lowest BCUT2D eigenvalue weighted by atomic mass is 10.1. The highest BCUT2D eigenvalue weighted by Gasteiger charge is 2.08. The van der Waals surface area contributed by atoms with Crippen molar-refractivity contribution >= 4 is 11.8 Å². The maximum atomic E-state index is 11.3. The number of nitrogens with two attached hydrogens (primary N) is 1. The molecule has 17 heavy (non-hydrogen) atoms. The standard InChI is InChI=1S/C12H16N2O3/c1-8-6-9(12(13)16)4-5-10(8)17-7-11(15)14(2)3/h4-6H,7H2,1-3H3,(H2,13,16). The topological polar surface area (TPSA) is 72.6 Å². The summed E-state index contributed by atoms with van der Waals surface area (Å²) in [4.78, 5) is 23.7. The first-order valence-corrected chi connectivity index (χ1v) is 5.15. The van der Waals surface area contributed by atoms with E-state index in [-0.39, 0.29) is 12.5 Å². The van der Waals surface area contributed by atoms with Crippen molar-refractivity contribution in [2.75, 3.05) is 20.7 Å². The van der Waals surface area contributed by atoms with Crippen molar-refractivity contribution in [1.29, 1.82) is 0 Å². The first kappa shape index (κ1) is 13.0. The number of likely N-dealkylation sites (N-methyl/N-ethyl adjacent to an activating group) is 1. The van der Waals surface area contributed by atoms with Crippen molar-refractivity contribution in [3.63, 3.8) is 0 Å². The van der Waals surface area contributed by atoms with Gasteiger partial charge in [-0.2, -0.15) is 0 Å². The van der Waals surface area contributed by atoms with Gasteiger partial charge >= 0.3 is 0 Å². The summed E-state index contributed by atoms with van der Waals surface area (Å²) in [6.45, 7) is 1.77. The van der Waals surface area contributed by atoms with Gasteiger partial charge in [0.1, 0.15) is 5.75 Å². The third kappa shape index (κ3) is 3.48. The van der Waals surface area contributed by atoms with Crippen LogP contribution in [0.25, 0.3) is 0 Å². The molecule has 0 spiro atoms. The number of carbonyl (C=O) groups excluding carboxylic acids is 2. The van der Waals surface area contributed by atoms with E-state index in [9.17, 15) is 9.59 Å². The van der Waals surface area contributed by atoms with Gasteiger partial charge in [0.15, 0.2) is 6.61 Å². The SMILES string of the molecule is Cc1cc(C(N)=O)ccc1OCC(=O)N(C)C. The number of hydrogen-bond donors (Lipinski definition) is 1. The van der Waals surface area contributed by atoms with E-state index < -0.39 is 5.91 Å². The van der Waals surface area contributed by atoms with Gasteiger partial charge in [-0.05, 0) is 30.7 Å². The molecule has 1 aromatic rings. The number of primary amides is 1. The smallest absolute Gasteiger partial charge is 0.259 e. The molecule has 0 unspecified atom stereocenters. The Balaban J connectivity index is 2.73. The zero-order valence-corrected chi connectivity index (χ0v) is 10.2. The third-order valence-corrected chi connectivity index (χ3v) is 2.31. The van der Waals surface area contributed by atoms with Crippen LogP contribution in [-0.2, 0) is 4.79 Å². The number of aryl methyl sites for hydroxylation is 1. The van der Waals surface area contributed by atoms with Gasteiger partial charge in [-0.15, -0.1) is 0 Å². The molecule has 1 aromatic carbocycles. The Kier molecular flexibility index (Phi) is 4.09. The second kappa shape index (κ2) is 5.34. The minimum atomic E-state index is -0.482. The van der Waals surface area contributed by atoms with E-state index in [1.54, 1.807) is 39.2 Å². The molecule has 0 aromatic heterocycles. The fourth-order valence-corrected chi connectivity index (χ4v) is 1.23. The summed E-state index contributed by atoms with van der Waals surface area (Å²) in [6.07, 6.45) is 0. The highest BCUT2D eigenvalue weighted by Crippen LogP contribution is 2.18. The average Bonchev–Trinajstić information content (AvgIpc) is 2.26. The normalized spacial score (nSPS) is 9.82. The van der Waals surface area contributed by atoms with Crippen molar-refractivity contribution in [3.05, 3.63) is 29.3 Å². The molecule has 0 heterocycles. The Morgan fingerprint density at radius 3 is 2.47 bits per heavy atom. The molecule has 5 heteroatoms. The molecule has 0 aliphatic heterocycles. The largest absolute Gasteiger partial charge is 0.484 e. The summed E-state index contributed by atoms with van der Waals surface area (Å²) >= 11 is 0. The van der Waals surface area contributed by atoms with Crippen LogP contribution >= 0.6 is 0 Å². The van der Waals surface area contributed by atoms with Gasteiger partial charge in [-0.25, -0.2) is 0 Å². The van der Waals surface area contributed by atoms with E-state index in [1.807, 2.05) is 0 Å². The van der Waals surface area contributed by atoms with E-state index in [0.29, 0.717) is 11.3 Å². The molecule has 0 aliphatic carbocycles. The molecule has 1 rings (SSSR count). The quantitative estimate of drug-likeness (QED) is 0.830. The third-order valence-electron chi connectivity index (χ3n) is 2.31. The van der Waals surface area contributed by atoms with Crippen LogP contribution in [0.1, 0.15) is 15.9 Å². The van der Waals surface area contributed by atoms with E-state index in [1.165, 1.54) is 4.90 Å². The summed E-state index contributed by atoms with van der Waals surface area (Å²) in [6, 6.07) is 4.85. The maximum Gasteiger partial charge on any atom is 0.259 e. The van der Waals surface area contributed by atoms with Crippen molar-refractivity contribution in [2.45, 2.75) is 6.92 Å². The molecule has 92 valence electrons. The average molecular weight is 236 g/mol. The molecule has 0 saturated carbocycles. The summed E-state index contributed by atoms with van der Waals surface area (Å²) in [7, 11) is 3.32. The number of amides is 2. The van der Waals surface area contributed by atoms with Crippen LogP contribution in [0.4, 0.5) is 0 Å². The van der Waals surface area contributed by atoms with Gasteiger partial charge in [0, 0.05) is 19.7 Å². The van der Waals surface area contributed by atoms with Gasteiger partial charge < -0.3 is 15.4 Å². The Morgan fingerprint density at radius 1 is 1.35 bits per heavy atom. The number of hydrogen-bond acceptors (Lipinski definition) is 3. The number of benzene rings is 1. The molecule has 0 saturated heterocycles. The van der Waals surface area contributed by atoms with Crippen LogP contribution < -0.4 is 10.5 Å². The molecule has 0 radical (unpaired) electrons. The Labute approximate surface area is 100 Å². The monoisotopic (exact) mass is 236 g/mol. The van der Waals surface area contributed by atoms with Gasteiger partial charge in [0.05, 0.1) is 0 Å². The Hall–Kier alpha value is -2.04. The summed E-state index contributed by atoms with van der Waals surface area (Å²) in [5, 5.41) is 0. The molecule has 0 aliphatic rings. The van der Waals surface area contributed by atoms with E-state index >= 15 is 0 Å². The lowest BCUT2D eigenvalue weighted by Crippen LogP contribution is -2.27. The lowest BCUT2D eigenvalue weighted by molar-refractivity contribution is -0.130. The molecule has 2 amide bonds. The minimum absolute atomic E-state index is 0.0240. The number of rotatable bonds is 4. The van der Waals surface area contributed by atoms with Gasteiger partial charge in [-0.3, -0.25) is 9.59 Å². The molecular weight excluding hydrogens is 220 g/mol. The van der Waals surface area contributed by atoms with E-state index in [2.05, 4.69) is 0 Å². The molecule has 0 fully saturated rings. The van der Waals surface area contributed by atoms with Crippen molar-refractivity contribution in [2.24, 2.45) is 5.73 Å². The highest BCUT2D eigenvalue weighted by molar-refractivity contribution is 5.93. The fraction of sp³-hybridized carbons (Fsp3) is 0.333. The van der Waals surface area contributed by atoms with Crippen molar-refractivity contribution in [1.82, 2.24) is 4.90 Å². The second-order valence-electron chi connectivity index (χ2n) is 3.92. The summed E-state index contributed by atoms with van der Waals surface area (Å²) in [5.41, 5.74) is 6.35. The molecule has 2 N–H and O–H groups in total. The first-order valence-electron chi connectivity index (χ1n) is 5.15. The van der Waals surface area contributed by atoms with Crippen LogP contribution in [0.3, 0.4) is 0 Å². The molecule has 5 nitrogen and oxygen atoms in total. The number of nitrogens with zero attached hydrogens (tertiary/aromatic N) is 1. The molecule has 0 atom stereocenters. The van der Waals surface area contributed by atoms with Crippen LogP contribution in [0.5, 0.6) is 5.75 Å². The summed E-state index contributed by atoms with van der Waals surface area (Å²) in [5.74, 6) is -0.0300. The minimum Gasteiger partial charge on any atom is -0.484 e. The maximum absolute atomic E-state index is 11.3. The van der Waals surface area contributed by atoms with Gasteiger partial charge in [0.2, 0.25) is 5.91 Å². The van der Waals surface area contributed by atoms with Gasteiger partial charge in [-0.1, -0.05) is 0 Å². The highest BCUT2D eigenvalue weighted by atomic mass is 16.5. The Bertz CT molecular complexity index is 441. The zero-order chi connectivity index (χ0) is 13.0. The van der Waals surface area contributed by atoms with Crippen molar-refractivity contribution in [3.8, 4) is 5.75 Å². The van der Waals surface area contributed by atoms with Crippen LogP contribution in [-0.4, -0.2) is 37.4 Å². The number of ether oxygens (including phenoxy) is 1. The summed E-state index contributed by atoms with van der Waals surface area (Å²) < 4.78 is 5.35. The predicted molar refractivity (Wildman–Crippen MR) is 63.9 cm³/mol. The van der Waals surface area contributed by atoms with Crippen LogP contribution in [0, 0.1) is 6.92 Å². The number of carbonyl (C=O) groups is 2. The lowest BCUT2D eigenvalue weighted by Gasteiger charge is -2.13. The second-order valence-corrected chi connectivity index (χ2v) is 3.92. The van der Waals surface area contributed by atoms with E-state index in [0.717, 1.165) is 5.56 Å². The Morgan fingerprint density at radius 2 is 2.00 bits per heavy atom. The zero-order valence-electron chi connectivity index (χ0n) is 10.2. The first-order chi connectivity index (χ1) is 7.91. The van der Waals surface area contributed by atoms with Crippen LogP contribution in [0.2, 0.25) is 0 Å². The van der Waals surface area contributed by atoms with Gasteiger partial charge in [0.25, 0.3) is 5.91 Å². The van der Waals surface area contributed by atoms with E-state index in [4.69, 9.17) is 10.5 Å².